The van der Waals surface area contributed by atoms with Crippen LogP contribution < -0.4 is 0 Å². The molecule has 0 aliphatic heterocycles. The molecule has 0 radical (unpaired) electrons. The number of carboxylic acids is 1. The molecule has 4 heteroatoms. The molecule has 0 aliphatic rings. The number of carbonyl (C=O) groups is 1. The maximum absolute atomic E-state index is 11.5. The minimum absolute atomic E-state index is 0.0411. The second kappa shape index (κ2) is 5.26. The van der Waals surface area contributed by atoms with Crippen LogP contribution in [0.4, 0.5) is 0 Å². The van der Waals surface area contributed by atoms with E-state index >= 15 is 0 Å². The summed E-state index contributed by atoms with van der Waals surface area (Å²) in [5.41, 5.74) is 3.10. The zero-order valence-electron chi connectivity index (χ0n) is 11.4. The normalized spacial score (nSPS) is 11.0. The maximum Gasteiger partial charge on any atom is 0.372 e. The molecular weight excluding hydrogens is 288 g/mol. The van der Waals surface area contributed by atoms with Gasteiger partial charge in [0.2, 0.25) is 5.76 Å². The number of hydrogen-bond acceptors (Lipinski definition) is 2. The minimum Gasteiger partial charge on any atom is -0.475 e. The van der Waals surface area contributed by atoms with Crippen LogP contribution in [-0.4, -0.2) is 11.1 Å². The average Bonchev–Trinajstić information content (AvgIpc) is 2.86. The van der Waals surface area contributed by atoms with Crippen molar-refractivity contribution in [3.8, 4) is 11.1 Å². The van der Waals surface area contributed by atoms with Gasteiger partial charge in [0.1, 0.15) is 5.58 Å². The lowest BCUT2D eigenvalue weighted by molar-refractivity contribution is 0.0666. The Hall–Kier alpha value is -2.26. The van der Waals surface area contributed by atoms with Crippen LogP contribution in [0.2, 0.25) is 5.02 Å². The first-order valence-corrected chi connectivity index (χ1v) is 7.02. The lowest BCUT2D eigenvalue weighted by Gasteiger charge is -2.02. The molecule has 21 heavy (non-hydrogen) atoms. The molecule has 0 amide bonds. The molecule has 3 rings (SSSR count). The van der Waals surface area contributed by atoms with Crippen molar-refractivity contribution in [2.75, 3.05) is 0 Å². The van der Waals surface area contributed by atoms with Crippen molar-refractivity contribution in [1.82, 2.24) is 0 Å². The van der Waals surface area contributed by atoms with Crippen LogP contribution in [0.25, 0.3) is 22.1 Å². The number of hydrogen-bond donors (Lipinski definition) is 1. The van der Waals surface area contributed by atoms with Gasteiger partial charge in [-0.2, -0.15) is 0 Å². The van der Waals surface area contributed by atoms with Gasteiger partial charge in [-0.3, -0.25) is 0 Å². The molecule has 0 fully saturated rings. The topological polar surface area (TPSA) is 50.4 Å². The average molecular weight is 301 g/mol. The van der Waals surface area contributed by atoms with Gasteiger partial charge in [0.15, 0.2) is 0 Å². The van der Waals surface area contributed by atoms with Gasteiger partial charge >= 0.3 is 5.97 Å². The van der Waals surface area contributed by atoms with E-state index in [1.807, 2.05) is 18.2 Å². The predicted octanol–water partition coefficient (Wildman–Crippen LogP) is 5.01. The number of carboxylic acid groups (broad SMARTS) is 1. The molecule has 2 aromatic carbocycles. The number of fused-ring (bicyclic) bond motifs is 1. The van der Waals surface area contributed by atoms with Crippen molar-refractivity contribution < 1.29 is 14.3 Å². The number of aryl methyl sites for hydroxylation is 1. The van der Waals surface area contributed by atoms with E-state index in [2.05, 4.69) is 6.92 Å². The molecule has 3 aromatic rings. The van der Waals surface area contributed by atoms with Gasteiger partial charge in [-0.1, -0.05) is 36.7 Å². The molecular formula is C17H13ClO3. The molecule has 0 atom stereocenters. The molecule has 0 spiro atoms. The highest BCUT2D eigenvalue weighted by molar-refractivity contribution is 6.30. The Morgan fingerprint density at radius 1 is 1.19 bits per heavy atom. The lowest BCUT2D eigenvalue weighted by atomic mass is 10.00. The molecule has 0 saturated carbocycles. The van der Waals surface area contributed by atoms with Gasteiger partial charge in [-0.15, -0.1) is 0 Å². The third-order valence-corrected chi connectivity index (χ3v) is 3.74. The Balaban J connectivity index is 2.33. The first kappa shape index (κ1) is 13.7. The van der Waals surface area contributed by atoms with E-state index in [1.54, 1.807) is 24.3 Å². The summed E-state index contributed by atoms with van der Waals surface area (Å²) in [6, 6.07) is 12.8. The fraction of sp³-hybridized carbons (Fsp3) is 0.118. The Kier molecular flexibility index (Phi) is 3.43. The van der Waals surface area contributed by atoms with Gasteiger partial charge in [-0.05, 0) is 41.8 Å². The zero-order chi connectivity index (χ0) is 15.0. The van der Waals surface area contributed by atoms with E-state index in [4.69, 9.17) is 16.0 Å². The highest BCUT2D eigenvalue weighted by Crippen LogP contribution is 2.36. The highest BCUT2D eigenvalue weighted by atomic mass is 35.5. The van der Waals surface area contributed by atoms with Gasteiger partial charge < -0.3 is 9.52 Å². The Morgan fingerprint density at radius 2 is 1.90 bits per heavy atom. The van der Waals surface area contributed by atoms with Crippen molar-refractivity contribution in [3.05, 3.63) is 58.8 Å². The van der Waals surface area contributed by atoms with E-state index in [1.165, 1.54) is 0 Å². The first-order valence-electron chi connectivity index (χ1n) is 6.65. The number of rotatable bonds is 3. The number of benzene rings is 2. The van der Waals surface area contributed by atoms with Crippen LogP contribution in [0.1, 0.15) is 23.0 Å². The van der Waals surface area contributed by atoms with Crippen molar-refractivity contribution in [2.45, 2.75) is 13.3 Å². The minimum atomic E-state index is -1.07. The summed E-state index contributed by atoms with van der Waals surface area (Å²) in [4.78, 5) is 11.5. The standard InChI is InChI=1S/C17H13ClO3/c1-2-10-3-8-14-13(9-10)15(16(21-14)17(19)20)11-4-6-12(18)7-5-11/h3-9H,2H2,1H3,(H,19,20). The number of halogens is 1. The number of aromatic carboxylic acids is 1. The van der Waals surface area contributed by atoms with Crippen molar-refractivity contribution in [1.29, 1.82) is 0 Å². The second-order valence-electron chi connectivity index (χ2n) is 4.80. The fourth-order valence-corrected chi connectivity index (χ4v) is 2.54. The molecule has 1 N–H and O–H groups in total. The quantitative estimate of drug-likeness (QED) is 0.739. The summed E-state index contributed by atoms with van der Waals surface area (Å²) in [5.74, 6) is -1.12. The summed E-state index contributed by atoms with van der Waals surface area (Å²) in [5, 5.41) is 10.8. The summed E-state index contributed by atoms with van der Waals surface area (Å²) < 4.78 is 5.51. The van der Waals surface area contributed by atoms with Crippen LogP contribution in [0.15, 0.2) is 46.9 Å². The highest BCUT2D eigenvalue weighted by Gasteiger charge is 2.21. The lowest BCUT2D eigenvalue weighted by Crippen LogP contribution is -1.96. The van der Waals surface area contributed by atoms with E-state index in [0.717, 1.165) is 22.9 Å². The second-order valence-corrected chi connectivity index (χ2v) is 5.24. The largest absolute Gasteiger partial charge is 0.475 e. The molecule has 106 valence electrons. The third-order valence-electron chi connectivity index (χ3n) is 3.49. The zero-order valence-corrected chi connectivity index (χ0v) is 12.1. The van der Waals surface area contributed by atoms with Crippen LogP contribution in [-0.2, 0) is 6.42 Å². The summed E-state index contributed by atoms with van der Waals surface area (Å²) in [7, 11) is 0. The Morgan fingerprint density at radius 3 is 2.52 bits per heavy atom. The van der Waals surface area contributed by atoms with Gasteiger partial charge in [0, 0.05) is 16.0 Å². The van der Waals surface area contributed by atoms with E-state index < -0.39 is 5.97 Å². The third kappa shape index (κ3) is 2.41. The van der Waals surface area contributed by atoms with Gasteiger partial charge in [0.05, 0.1) is 0 Å². The van der Waals surface area contributed by atoms with E-state index in [9.17, 15) is 9.90 Å². The van der Waals surface area contributed by atoms with Crippen LogP contribution in [0, 0.1) is 0 Å². The van der Waals surface area contributed by atoms with Crippen molar-refractivity contribution >= 4 is 28.5 Å². The van der Waals surface area contributed by atoms with Gasteiger partial charge in [-0.25, -0.2) is 4.79 Å². The molecule has 0 unspecified atom stereocenters. The maximum atomic E-state index is 11.5. The summed E-state index contributed by atoms with van der Waals surface area (Å²) in [6.45, 7) is 2.06. The first-order chi connectivity index (χ1) is 10.1. The fourth-order valence-electron chi connectivity index (χ4n) is 2.42. The Bertz CT molecular complexity index is 816. The van der Waals surface area contributed by atoms with Crippen LogP contribution >= 0.6 is 11.6 Å². The van der Waals surface area contributed by atoms with Crippen molar-refractivity contribution in [3.63, 3.8) is 0 Å². The van der Waals surface area contributed by atoms with E-state index in [0.29, 0.717) is 16.2 Å². The molecule has 0 bridgehead atoms. The smallest absolute Gasteiger partial charge is 0.372 e. The number of furan rings is 1. The summed E-state index contributed by atoms with van der Waals surface area (Å²) >= 11 is 5.90. The monoisotopic (exact) mass is 300 g/mol. The van der Waals surface area contributed by atoms with Crippen LogP contribution in [0.5, 0.6) is 0 Å². The van der Waals surface area contributed by atoms with E-state index in [-0.39, 0.29) is 5.76 Å². The molecule has 1 heterocycles. The SMILES string of the molecule is CCc1ccc2oc(C(=O)O)c(-c3ccc(Cl)cc3)c2c1. The van der Waals surface area contributed by atoms with Crippen LogP contribution in [0.3, 0.4) is 0 Å². The molecule has 0 aliphatic carbocycles. The molecule has 1 aromatic heterocycles. The summed E-state index contributed by atoms with van der Waals surface area (Å²) in [6.07, 6.45) is 0.879. The van der Waals surface area contributed by atoms with Gasteiger partial charge in [0.25, 0.3) is 0 Å². The Labute approximate surface area is 126 Å². The van der Waals surface area contributed by atoms with Crippen molar-refractivity contribution in [2.24, 2.45) is 0 Å². The predicted molar refractivity (Wildman–Crippen MR) is 83.0 cm³/mol. The molecule has 3 nitrogen and oxygen atoms in total. The molecule has 0 saturated heterocycles.